The summed E-state index contributed by atoms with van der Waals surface area (Å²) in [6.07, 6.45) is 3.93. The monoisotopic (exact) mass is 306 g/mol. The van der Waals surface area contributed by atoms with E-state index in [9.17, 15) is 4.21 Å². The molecule has 0 bridgehead atoms. The van der Waals surface area contributed by atoms with Gasteiger partial charge in [-0.15, -0.1) is 0 Å². The summed E-state index contributed by atoms with van der Waals surface area (Å²) in [5.74, 6) is 1.75. The molecule has 1 aromatic rings. The van der Waals surface area contributed by atoms with Crippen LogP contribution in [0.25, 0.3) is 0 Å². The van der Waals surface area contributed by atoms with Crippen LogP contribution in [-0.4, -0.2) is 32.2 Å². The van der Waals surface area contributed by atoms with Crippen LogP contribution in [0, 0.1) is 0 Å². The van der Waals surface area contributed by atoms with Gasteiger partial charge < -0.3 is 11.1 Å². The summed E-state index contributed by atoms with van der Waals surface area (Å²) in [7, 11) is -0.763. The Balaban J connectivity index is 2.59. The summed E-state index contributed by atoms with van der Waals surface area (Å²) >= 11 is 3.32. The summed E-state index contributed by atoms with van der Waals surface area (Å²) < 4.78 is 11.6. The maximum absolute atomic E-state index is 11.0. The van der Waals surface area contributed by atoms with Crippen LogP contribution < -0.4 is 11.1 Å². The minimum absolute atomic E-state index is 0.189. The normalized spacial score (nSPS) is 14.4. The number of hydrogen-bond acceptors (Lipinski definition) is 5. The second kappa shape index (κ2) is 6.15. The highest BCUT2D eigenvalue weighted by atomic mass is 79.9. The van der Waals surface area contributed by atoms with Crippen LogP contribution in [-0.2, 0) is 10.8 Å². The Morgan fingerprint density at radius 2 is 2.31 bits per heavy atom. The van der Waals surface area contributed by atoms with Gasteiger partial charge >= 0.3 is 0 Å². The molecule has 7 heteroatoms. The quantitative estimate of drug-likeness (QED) is 0.859. The number of nitrogens with two attached hydrogens (primary N) is 1. The summed E-state index contributed by atoms with van der Waals surface area (Å²) in [5.41, 5.74) is 5.63. The standard InChI is InChI=1S/C9H15BrN4OS/c1-6(3-4-16(2)15)14-9-7(10)8(11)12-5-13-9/h5-6H,3-4H2,1-2H3,(H3,11,12,13,14). The average Bonchev–Trinajstić information content (AvgIpc) is 2.22. The van der Waals surface area contributed by atoms with E-state index in [2.05, 4.69) is 31.2 Å². The summed E-state index contributed by atoms with van der Waals surface area (Å²) in [5, 5.41) is 3.19. The highest BCUT2D eigenvalue weighted by Gasteiger charge is 2.09. The Hall–Kier alpha value is -0.690. The Labute approximate surface area is 106 Å². The molecule has 0 saturated heterocycles. The van der Waals surface area contributed by atoms with Crippen molar-refractivity contribution in [2.45, 2.75) is 19.4 Å². The second-order valence-corrected chi connectivity index (χ2v) is 5.88. The Morgan fingerprint density at radius 3 is 2.94 bits per heavy atom. The van der Waals surface area contributed by atoms with E-state index in [0.717, 1.165) is 6.42 Å². The number of halogens is 1. The fourth-order valence-corrected chi connectivity index (χ4v) is 2.14. The zero-order chi connectivity index (χ0) is 12.1. The van der Waals surface area contributed by atoms with E-state index < -0.39 is 10.8 Å². The van der Waals surface area contributed by atoms with E-state index >= 15 is 0 Å². The summed E-state index contributed by atoms with van der Waals surface area (Å²) in [6, 6.07) is 0.189. The maximum atomic E-state index is 11.0. The van der Waals surface area contributed by atoms with Crippen LogP contribution >= 0.6 is 15.9 Å². The van der Waals surface area contributed by atoms with Crippen LogP contribution in [0.5, 0.6) is 0 Å². The molecule has 1 rings (SSSR count). The largest absolute Gasteiger partial charge is 0.383 e. The predicted octanol–water partition coefficient (Wildman–Crippen LogP) is 1.39. The molecular weight excluding hydrogens is 292 g/mol. The molecule has 0 saturated carbocycles. The highest BCUT2D eigenvalue weighted by Crippen LogP contribution is 2.24. The summed E-state index contributed by atoms with van der Waals surface area (Å²) in [4.78, 5) is 7.93. The molecule has 2 atom stereocenters. The number of nitrogens with zero attached hydrogens (tertiary/aromatic N) is 2. The maximum Gasteiger partial charge on any atom is 0.146 e. The minimum Gasteiger partial charge on any atom is -0.383 e. The van der Waals surface area contributed by atoms with Gasteiger partial charge in [-0.1, -0.05) is 0 Å². The molecule has 16 heavy (non-hydrogen) atoms. The van der Waals surface area contributed by atoms with Gasteiger partial charge in [-0.3, -0.25) is 4.21 Å². The van der Waals surface area contributed by atoms with Crippen molar-refractivity contribution in [3.8, 4) is 0 Å². The Bertz CT molecular complexity index is 388. The second-order valence-electron chi connectivity index (χ2n) is 3.53. The van der Waals surface area contributed by atoms with Gasteiger partial charge in [-0.2, -0.15) is 0 Å². The lowest BCUT2D eigenvalue weighted by Gasteiger charge is -2.15. The number of nitrogens with one attached hydrogen (secondary N) is 1. The van der Waals surface area contributed by atoms with Crippen molar-refractivity contribution in [3.05, 3.63) is 10.8 Å². The smallest absolute Gasteiger partial charge is 0.146 e. The molecule has 0 spiro atoms. The third-order valence-electron chi connectivity index (χ3n) is 2.04. The van der Waals surface area contributed by atoms with Crippen molar-refractivity contribution in [1.82, 2.24) is 9.97 Å². The lowest BCUT2D eigenvalue weighted by atomic mass is 10.2. The van der Waals surface area contributed by atoms with E-state index in [1.54, 1.807) is 6.26 Å². The zero-order valence-electron chi connectivity index (χ0n) is 9.24. The van der Waals surface area contributed by atoms with Crippen molar-refractivity contribution in [1.29, 1.82) is 0 Å². The zero-order valence-corrected chi connectivity index (χ0v) is 11.6. The van der Waals surface area contributed by atoms with Crippen molar-refractivity contribution in [2.75, 3.05) is 23.1 Å². The predicted molar refractivity (Wildman–Crippen MR) is 70.8 cm³/mol. The van der Waals surface area contributed by atoms with Crippen LogP contribution in [0.3, 0.4) is 0 Å². The Kier molecular flexibility index (Phi) is 5.14. The average molecular weight is 307 g/mol. The number of nitrogen functional groups attached to an aromatic ring is 1. The van der Waals surface area contributed by atoms with Crippen molar-refractivity contribution >= 4 is 38.4 Å². The van der Waals surface area contributed by atoms with E-state index in [1.807, 2.05) is 6.92 Å². The Morgan fingerprint density at radius 1 is 1.62 bits per heavy atom. The molecule has 2 unspecified atom stereocenters. The van der Waals surface area contributed by atoms with Gasteiger partial charge in [-0.25, -0.2) is 9.97 Å². The van der Waals surface area contributed by atoms with Gasteiger partial charge in [0, 0.05) is 28.9 Å². The number of anilines is 2. The van der Waals surface area contributed by atoms with Gasteiger partial charge in [0.2, 0.25) is 0 Å². The van der Waals surface area contributed by atoms with Crippen molar-refractivity contribution < 1.29 is 4.21 Å². The van der Waals surface area contributed by atoms with Gasteiger partial charge in [-0.05, 0) is 29.3 Å². The first-order valence-electron chi connectivity index (χ1n) is 4.83. The number of rotatable bonds is 5. The molecule has 0 aliphatic heterocycles. The SMILES string of the molecule is CC(CCS(C)=O)Nc1ncnc(N)c1Br. The van der Waals surface area contributed by atoms with Crippen LogP contribution in [0.15, 0.2) is 10.8 Å². The number of hydrogen-bond donors (Lipinski definition) is 2. The molecule has 0 aliphatic carbocycles. The first-order chi connectivity index (χ1) is 7.50. The van der Waals surface area contributed by atoms with E-state index in [1.165, 1.54) is 6.33 Å². The lowest BCUT2D eigenvalue weighted by molar-refractivity contribution is 0.678. The van der Waals surface area contributed by atoms with Crippen LogP contribution in [0.1, 0.15) is 13.3 Å². The first kappa shape index (κ1) is 13.4. The minimum atomic E-state index is -0.763. The first-order valence-corrected chi connectivity index (χ1v) is 7.35. The topological polar surface area (TPSA) is 80.9 Å². The van der Waals surface area contributed by atoms with Crippen LogP contribution in [0.4, 0.5) is 11.6 Å². The molecule has 0 amide bonds. The van der Waals surface area contributed by atoms with Crippen molar-refractivity contribution in [3.63, 3.8) is 0 Å². The van der Waals surface area contributed by atoms with Crippen molar-refractivity contribution in [2.24, 2.45) is 0 Å². The van der Waals surface area contributed by atoms with E-state index in [0.29, 0.717) is 21.9 Å². The van der Waals surface area contributed by atoms with Crippen LogP contribution in [0.2, 0.25) is 0 Å². The third kappa shape index (κ3) is 4.05. The van der Waals surface area contributed by atoms with Gasteiger partial charge in [0.05, 0.1) is 0 Å². The van der Waals surface area contributed by atoms with E-state index in [4.69, 9.17) is 5.73 Å². The fraction of sp³-hybridized carbons (Fsp3) is 0.556. The van der Waals surface area contributed by atoms with Gasteiger partial charge in [0.25, 0.3) is 0 Å². The molecule has 5 nitrogen and oxygen atoms in total. The van der Waals surface area contributed by atoms with Gasteiger partial charge in [0.1, 0.15) is 22.4 Å². The highest BCUT2D eigenvalue weighted by molar-refractivity contribution is 9.10. The van der Waals surface area contributed by atoms with Gasteiger partial charge in [0.15, 0.2) is 0 Å². The number of aromatic nitrogens is 2. The lowest BCUT2D eigenvalue weighted by Crippen LogP contribution is -2.19. The molecule has 0 fully saturated rings. The molecule has 0 radical (unpaired) electrons. The molecule has 0 aliphatic rings. The molecule has 1 aromatic heterocycles. The molecule has 1 heterocycles. The third-order valence-corrected chi connectivity index (χ3v) is 3.63. The molecular formula is C9H15BrN4OS. The van der Waals surface area contributed by atoms with E-state index in [-0.39, 0.29) is 6.04 Å². The molecule has 90 valence electrons. The fourth-order valence-electron chi connectivity index (χ4n) is 1.13. The summed E-state index contributed by atoms with van der Waals surface area (Å²) in [6.45, 7) is 2.01. The molecule has 0 aromatic carbocycles. The molecule has 3 N–H and O–H groups in total.